The summed E-state index contributed by atoms with van der Waals surface area (Å²) in [6, 6.07) is 65.0. The van der Waals surface area contributed by atoms with Crippen LogP contribution in [-0.4, -0.2) is 0 Å². The number of hydrogen-bond acceptors (Lipinski definition) is 0. The van der Waals surface area contributed by atoms with Gasteiger partial charge in [0, 0.05) is 16.2 Å². The Hall–Kier alpha value is -6.50. The second-order valence-corrected chi connectivity index (χ2v) is 18.9. The predicted octanol–water partition coefficient (Wildman–Crippen LogP) is 15.9. The van der Waals surface area contributed by atoms with E-state index in [1.165, 1.54) is 122 Å². The second kappa shape index (κ2) is 11.8. The summed E-state index contributed by atoms with van der Waals surface area (Å²) in [6.07, 6.45) is 0. The average molecular weight is 755 g/mol. The summed E-state index contributed by atoms with van der Waals surface area (Å²) < 4.78 is 0. The van der Waals surface area contributed by atoms with Crippen molar-refractivity contribution in [2.24, 2.45) is 0 Å². The number of benzene rings is 9. The van der Waals surface area contributed by atoms with Gasteiger partial charge in [-0.15, -0.1) is 0 Å². The topological polar surface area (TPSA) is 0 Å². The molecule has 0 heterocycles. The van der Waals surface area contributed by atoms with E-state index in [-0.39, 0.29) is 16.2 Å². The number of fused-ring (bicyclic) bond motifs is 13. The van der Waals surface area contributed by atoms with Crippen molar-refractivity contribution in [3.63, 3.8) is 0 Å². The second-order valence-electron chi connectivity index (χ2n) is 18.9. The zero-order chi connectivity index (χ0) is 40.0. The van der Waals surface area contributed by atoms with Crippen molar-refractivity contribution in [2.45, 2.75) is 57.8 Å². The molecule has 0 radical (unpaired) electrons. The molecule has 0 heteroatoms. The van der Waals surface area contributed by atoms with Crippen LogP contribution in [0.4, 0.5) is 0 Å². The van der Waals surface area contributed by atoms with E-state index >= 15 is 0 Å². The van der Waals surface area contributed by atoms with Crippen LogP contribution in [0.5, 0.6) is 0 Å². The van der Waals surface area contributed by atoms with Gasteiger partial charge in [0.15, 0.2) is 0 Å². The lowest BCUT2D eigenvalue weighted by Gasteiger charge is -2.24. The third-order valence-electron chi connectivity index (χ3n) is 14.6. The highest BCUT2D eigenvalue weighted by Crippen LogP contribution is 2.56. The summed E-state index contributed by atoms with van der Waals surface area (Å²) >= 11 is 0. The molecule has 3 aliphatic rings. The van der Waals surface area contributed by atoms with Crippen molar-refractivity contribution < 1.29 is 0 Å². The van der Waals surface area contributed by atoms with Gasteiger partial charge in [0.2, 0.25) is 0 Å². The van der Waals surface area contributed by atoms with Crippen LogP contribution in [0.15, 0.2) is 170 Å². The maximum atomic E-state index is 2.54. The Morgan fingerprint density at radius 1 is 0.254 bits per heavy atom. The van der Waals surface area contributed by atoms with Gasteiger partial charge in [-0.05, 0) is 158 Å². The van der Waals surface area contributed by atoms with Crippen LogP contribution in [0, 0.1) is 0 Å². The van der Waals surface area contributed by atoms with E-state index < -0.39 is 0 Å². The third-order valence-corrected chi connectivity index (χ3v) is 14.6. The van der Waals surface area contributed by atoms with Gasteiger partial charge < -0.3 is 0 Å². The van der Waals surface area contributed by atoms with Crippen molar-refractivity contribution in [3.05, 3.63) is 203 Å². The maximum Gasteiger partial charge on any atom is 0.0159 e. The summed E-state index contributed by atoms with van der Waals surface area (Å²) in [4.78, 5) is 0. The molecule has 12 rings (SSSR count). The first-order valence-corrected chi connectivity index (χ1v) is 21.3. The summed E-state index contributed by atoms with van der Waals surface area (Å²) in [5.74, 6) is 0. The van der Waals surface area contributed by atoms with Crippen molar-refractivity contribution in [2.75, 3.05) is 0 Å². The summed E-state index contributed by atoms with van der Waals surface area (Å²) in [7, 11) is 0. The standard InChI is InChI=1S/C59H46/c1-57(2)49-21-13-11-18-43(49)45-26-23-36(32-52(45)57)38-29-39(37-24-27-46-44-19-12-14-22-50(44)58(3,4)53(46)33-37)31-40(30-38)48-34-54-56(47-20-10-9-17-42(47)48)55-41-16-8-7-15-35(41)25-28-51(55)59(54,5)6/h7-34H,1-6H3. The molecule has 0 fully saturated rings. The lowest BCUT2D eigenvalue weighted by atomic mass is 9.79. The summed E-state index contributed by atoms with van der Waals surface area (Å²) in [6.45, 7) is 14.4. The minimum atomic E-state index is -0.158. The van der Waals surface area contributed by atoms with Crippen molar-refractivity contribution in [3.8, 4) is 66.8 Å². The van der Waals surface area contributed by atoms with Gasteiger partial charge in [-0.3, -0.25) is 0 Å². The van der Waals surface area contributed by atoms with Crippen LogP contribution in [0.25, 0.3) is 88.3 Å². The lowest BCUT2D eigenvalue weighted by Crippen LogP contribution is -2.15. The van der Waals surface area contributed by atoms with Crippen LogP contribution in [0.2, 0.25) is 0 Å². The molecular formula is C59H46. The quantitative estimate of drug-likeness (QED) is 0.168. The Kier molecular flexibility index (Phi) is 6.91. The van der Waals surface area contributed by atoms with Crippen LogP contribution in [-0.2, 0) is 16.2 Å². The molecule has 0 bridgehead atoms. The van der Waals surface area contributed by atoms with Gasteiger partial charge in [0.25, 0.3) is 0 Å². The van der Waals surface area contributed by atoms with E-state index in [4.69, 9.17) is 0 Å². The summed E-state index contributed by atoms with van der Waals surface area (Å²) in [5, 5.41) is 5.25. The van der Waals surface area contributed by atoms with Crippen molar-refractivity contribution in [1.29, 1.82) is 0 Å². The molecule has 3 aliphatic carbocycles. The largest absolute Gasteiger partial charge is 0.0619 e. The first-order valence-electron chi connectivity index (χ1n) is 21.3. The SMILES string of the molecule is CC1(C)c2ccccc2-c2ccc(-c3cc(-c4ccc5c(c4)C(C)(C)c4ccccc4-5)cc(-c4cc5c(c6ccccc46)-c4c(ccc6ccccc46)C5(C)C)c3)cc21. The molecule has 0 aliphatic heterocycles. The van der Waals surface area contributed by atoms with E-state index in [1.807, 2.05) is 0 Å². The smallest absolute Gasteiger partial charge is 0.0159 e. The molecule has 0 saturated heterocycles. The highest BCUT2D eigenvalue weighted by atomic mass is 14.4. The molecule has 9 aromatic rings. The Balaban J connectivity index is 1.11. The van der Waals surface area contributed by atoms with Gasteiger partial charge in [-0.2, -0.15) is 0 Å². The molecule has 0 unspecified atom stereocenters. The Bertz CT molecular complexity index is 3170. The average Bonchev–Trinajstić information content (AvgIpc) is 3.75. The molecule has 282 valence electrons. The zero-order valence-corrected chi connectivity index (χ0v) is 34.7. The van der Waals surface area contributed by atoms with Crippen LogP contribution < -0.4 is 0 Å². The number of hydrogen-bond donors (Lipinski definition) is 0. The molecule has 0 saturated carbocycles. The molecule has 0 atom stereocenters. The number of rotatable bonds is 3. The monoisotopic (exact) mass is 754 g/mol. The van der Waals surface area contributed by atoms with Gasteiger partial charge >= 0.3 is 0 Å². The fraction of sp³-hybridized carbons (Fsp3) is 0.153. The Morgan fingerprint density at radius 3 is 1.32 bits per heavy atom. The van der Waals surface area contributed by atoms with Crippen LogP contribution in [0.3, 0.4) is 0 Å². The lowest BCUT2D eigenvalue weighted by molar-refractivity contribution is 0.660. The van der Waals surface area contributed by atoms with E-state index in [2.05, 4.69) is 211 Å². The van der Waals surface area contributed by atoms with Crippen molar-refractivity contribution >= 4 is 21.5 Å². The fourth-order valence-electron chi connectivity index (χ4n) is 11.5. The Labute approximate surface area is 347 Å². The van der Waals surface area contributed by atoms with Gasteiger partial charge in [0.1, 0.15) is 0 Å². The van der Waals surface area contributed by atoms with E-state index in [9.17, 15) is 0 Å². The molecule has 0 nitrogen and oxygen atoms in total. The zero-order valence-electron chi connectivity index (χ0n) is 34.7. The first-order chi connectivity index (χ1) is 28.5. The molecule has 0 spiro atoms. The molecule has 59 heavy (non-hydrogen) atoms. The normalized spacial score (nSPS) is 15.7. The fourth-order valence-corrected chi connectivity index (χ4v) is 11.5. The highest BCUT2D eigenvalue weighted by molar-refractivity contribution is 6.14. The first kappa shape index (κ1) is 34.5. The Morgan fingerprint density at radius 2 is 0.712 bits per heavy atom. The maximum absolute atomic E-state index is 2.54. The van der Waals surface area contributed by atoms with E-state index in [0.717, 1.165) is 0 Å². The van der Waals surface area contributed by atoms with Crippen molar-refractivity contribution in [1.82, 2.24) is 0 Å². The molecule has 0 N–H and O–H groups in total. The molecule has 0 amide bonds. The molecule has 0 aromatic heterocycles. The van der Waals surface area contributed by atoms with Gasteiger partial charge in [-0.1, -0.05) is 175 Å². The van der Waals surface area contributed by atoms with E-state index in [1.54, 1.807) is 0 Å². The highest BCUT2D eigenvalue weighted by Gasteiger charge is 2.39. The third kappa shape index (κ3) is 4.66. The van der Waals surface area contributed by atoms with E-state index in [0.29, 0.717) is 0 Å². The molecule has 9 aromatic carbocycles. The minimum Gasteiger partial charge on any atom is -0.0619 e. The summed E-state index contributed by atoms with van der Waals surface area (Å²) in [5.41, 5.74) is 23.8. The van der Waals surface area contributed by atoms with Crippen LogP contribution in [0.1, 0.15) is 74.9 Å². The minimum absolute atomic E-state index is 0.0795. The van der Waals surface area contributed by atoms with Crippen LogP contribution >= 0.6 is 0 Å². The van der Waals surface area contributed by atoms with Gasteiger partial charge in [0.05, 0.1) is 0 Å². The predicted molar refractivity (Wildman–Crippen MR) is 250 cm³/mol. The van der Waals surface area contributed by atoms with Gasteiger partial charge in [-0.25, -0.2) is 0 Å². The molecular weight excluding hydrogens is 709 g/mol.